The topological polar surface area (TPSA) is 66.2 Å². The largest absolute Gasteiger partial charge is 0.497 e. The van der Waals surface area contributed by atoms with Crippen LogP contribution in [-0.4, -0.2) is 45.6 Å². The Morgan fingerprint density at radius 2 is 1.94 bits per heavy atom. The Balaban J connectivity index is 1.58. The van der Waals surface area contributed by atoms with Crippen molar-refractivity contribution in [1.29, 1.82) is 0 Å². The van der Waals surface area contributed by atoms with Crippen molar-refractivity contribution < 1.29 is 14.3 Å². The SMILES string of the molecule is CCc1ccc(C(=O)C(C)Sc2nnc(-c3ccc(OC)cc3)n2CC2CCCO2)cc1. The van der Waals surface area contributed by atoms with E-state index in [9.17, 15) is 4.79 Å². The molecular formula is C25H29N3O3S. The van der Waals surface area contributed by atoms with Gasteiger partial charge in [0.2, 0.25) is 0 Å². The third-order valence-electron chi connectivity index (χ3n) is 5.77. The van der Waals surface area contributed by atoms with Crippen LogP contribution in [0.15, 0.2) is 53.7 Å². The van der Waals surface area contributed by atoms with Crippen LogP contribution in [0.5, 0.6) is 5.75 Å². The van der Waals surface area contributed by atoms with E-state index in [1.807, 2.05) is 55.5 Å². The van der Waals surface area contributed by atoms with Gasteiger partial charge in [0, 0.05) is 17.7 Å². The normalized spacial score (nSPS) is 16.8. The van der Waals surface area contributed by atoms with Gasteiger partial charge >= 0.3 is 0 Å². The Labute approximate surface area is 193 Å². The van der Waals surface area contributed by atoms with Gasteiger partial charge in [-0.1, -0.05) is 43.0 Å². The molecule has 2 heterocycles. The molecule has 4 rings (SSSR count). The van der Waals surface area contributed by atoms with Crippen LogP contribution in [-0.2, 0) is 17.7 Å². The number of ketones is 1. The van der Waals surface area contributed by atoms with Crippen molar-refractivity contribution in [3.63, 3.8) is 0 Å². The molecule has 0 spiro atoms. The Hall–Kier alpha value is -2.64. The average molecular weight is 452 g/mol. The van der Waals surface area contributed by atoms with Gasteiger partial charge in [0.05, 0.1) is 25.0 Å². The molecule has 2 unspecified atom stereocenters. The van der Waals surface area contributed by atoms with Crippen LogP contribution < -0.4 is 4.74 Å². The van der Waals surface area contributed by atoms with Crippen LogP contribution in [0.25, 0.3) is 11.4 Å². The summed E-state index contributed by atoms with van der Waals surface area (Å²) in [4.78, 5) is 13.0. The lowest BCUT2D eigenvalue weighted by molar-refractivity contribution is 0.0953. The van der Waals surface area contributed by atoms with Crippen molar-refractivity contribution in [3.8, 4) is 17.1 Å². The van der Waals surface area contributed by atoms with Crippen LogP contribution in [0.3, 0.4) is 0 Å². The number of thioether (sulfide) groups is 1. The van der Waals surface area contributed by atoms with Crippen LogP contribution in [0.4, 0.5) is 0 Å². The second-order valence-electron chi connectivity index (χ2n) is 7.96. The molecule has 0 bridgehead atoms. The van der Waals surface area contributed by atoms with E-state index in [1.165, 1.54) is 17.3 Å². The minimum Gasteiger partial charge on any atom is -0.497 e. The zero-order valence-electron chi connectivity index (χ0n) is 18.8. The number of benzene rings is 2. The van der Waals surface area contributed by atoms with E-state index in [1.54, 1.807) is 7.11 Å². The number of aromatic nitrogens is 3. The number of ether oxygens (including phenoxy) is 2. The van der Waals surface area contributed by atoms with E-state index in [4.69, 9.17) is 9.47 Å². The number of methoxy groups -OCH3 is 1. The molecule has 6 nitrogen and oxygen atoms in total. The number of Topliss-reactive ketones (excluding diaryl/α,β-unsaturated/α-hetero) is 1. The molecule has 32 heavy (non-hydrogen) atoms. The maximum atomic E-state index is 13.0. The molecule has 3 aromatic rings. The smallest absolute Gasteiger partial charge is 0.192 e. The Bertz CT molecular complexity index is 1040. The molecule has 1 aliphatic heterocycles. The lowest BCUT2D eigenvalue weighted by Crippen LogP contribution is -2.19. The summed E-state index contributed by atoms with van der Waals surface area (Å²) in [7, 11) is 1.65. The maximum absolute atomic E-state index is 13.0. The van der Waals surface area contributed by atoms with E-state index in [0.717, 1.165) is 53.7 Å². The summed E-state index contributed by atoms with van der Waals surface area (Å²) >= 11 is 1.45. The minimum absolute atomic E-state index is 0.0929. The number of hydrogen-bond donors (Lipinski definition) is 0. The summed E-state index contributed by atoms with van der Waals surface area (Å²) < 4.78 is 13.2. The van der Waals surface area contributed by atoms with E-state index in [0.29, 0.717) is 6.54 Å². The summed E-state index contributed by atoms with van der Waals surface area (Å²) in [5.74, 6) is 1.66. The first-order valence-corrected chi connectivity index (χ1v) is 12.0. The molecule has 2 aromatic carbocycles. The van der Waals surface area contributed by atoms with Gasteiger partial charge < -0.3 is 9.47 Å². The van der Waals surface area contributed by atoms with Crippen molar-refractivity contribution in [2.45, 2.75) is 56.2 Å². The highest BCUT2D eigenvalue weighted by atomic mass is 32.2. The summed E-state index contributed by atoms with van der Waals surface area (Å²) in [6.07, 6.45) is 3.17. The van der Waals surface area contributed by atoms with Crippen molar-refractivity contribution in [2.75, 3.05) is 13.7 Å². The van der Waals surface area contributed by atoms with E-state index in [-0.39, 0.29) is 17.1 Å². The molecule has 7 heteroatoms. The zero-order valence-corrected chi connectivity index (χ0v) is 19.6. The third-order valence-corrected chi connectivity index (χ3v) is 6.85. The lowest BCUT2D eigenvalue weighted by Gasteiger charge is -2.16. The van der Waals surface area contributed by atoms with Crippen LogP contribution >= 0.6 is 11.8 Å². The fourth-order valence-corrected chi connectivity index (χ4v) is 4.77. The highest BCUT2D eigenvalue weighted by molar-refractivity contribution is 8.00. The molecule has 1 aliphatic rings. The maximum Gasteiger partial charge on any atom is 0.192 e. The molecule has 2 atom stereocenters. The van der Waals surface area contributed by atoms with Crippen LogP contribution in [0.1, 0.15) is 42.6 Å². The molecule has 1 aromatic heterocycles. The van der Waals surface area contributed by atoms with Gasteiger partial charge in [-0.2, -0.15) is 0 Å². The molecule has 0 radical (unpaired) electrons. The van der Waals surface area contributed by atoms with E-state index in [2.05, 4.69) is 21.7 Å². The first kappa shape index (κ1) is 22.6. The molecule has 168 valence electrons. The standard InChI is InChI=1S/C25H29N3O3S/c1-4-18-7-9-19(10-8-18)23(29)17(2)32-25-27-26-24(20-11-13-21(30-3)14-12-20)28(25)16-22-6-5-15-31-22/h7-14,17,22H,4-6,15-16H2,1-3H3. The molecule has 1 fully saturated rings. The Morgan fingerprint density at radius 3 is 2.56 bits per heavy atom. The Kier molecular flexibility index (Phi) is 7.27. The molecular weight excluding hydrogens is 422 g/mol. The van der Waals surface area contributed by atoms with Crippen LogP contribution in [0, 0.1) is 0 Å². The number of nitrogens with zero attached hydrogens (tertiary/aromatic N) is 3. The number of carbonyl (C=O) groups excluding carboxylic acids is 1. The highest BCUT2D eigenvalue weighted by Crippen LogP contribution is 2.30. The summed E-state index contributed by atoms with van der Waals surface area (Å²) in [6, 6.07) is 15.7. The van der Waals surface area contributed by atoms with Gasteiger partial charge in [-0.3, -0.25) is 9.36 Å². The number of rotatable bonds is 9. The monoisotopic (exact) mass is 451 g/mol. The highest BCUT2D eigenvalue weighted by Gasteiger charge is 2.25. The van der Waals surface area contributed by atoms with Gasteiger partial charge in [0.25, 0.3) is 0 Å². The van der Waals surface area contributed by atoms with Gasteiger partial charge in [-0.05, 0) is 56.0 Å². The predicted octanol–water partition coefficient (Wildman–Crippen LogP) is 5.06. The summed E-state index contributed by atoms with van der Waals surface area (Å²) in [5.41, 5.74) is 2.90. The third kappa shape index (κ3) is 5.05. The Morgan fingerprint density at radius 1 is 1.19 bits per heavy atom. The molecule has 0 aliphatic carbocycles. The first-order chi connectivity index (χ1) is 15.6. The predicted molar refractivity (Wildman–Crippen MR) is 126 cm³/mol. The van der Waals surface area contributed by atoms with Gasteiger partial charge in [0.15, 0.2) is 16.8 Å². The van der Waals surface area contributed by atoms with Crippen molar-refractivity contribution in [2.24, 2.45) is 0 Å². The molecule has 0 N–H and O–H groups in total. The lowest BCUT2D eigenvalue weighted by atomic mass is 10.1. The summed E-state index contributed by atoms with van der Waals surface area (Å²) in [6.45, 7) is 5.49. The van der Waals surface area contributed by atoms with Crippen LogP contribution in [0.2, 0.25) is 0 Å². The number of aryl methyl sites for hydroxylation is 1. The fraction of sp³-hybridized carbons (Fsp3) is 0.400. The second-order valence-corrected chi connectivity index (χ2v) is 9.26. The van der Waals surface area contributed by atoms with E-state index >= 15 is 0 Å². The van der Waals surface area contributed by atoms with Gasteiger partial charge in [0.1, 0.15) is 5.75 Å². The molecule has 1 saturated heterocycles. The van der Waals surface area contributed by atoms with Gasteiger partial charge in [-0.15, -0.1) is 10.2 Å². The zero-order chi connectivity index (χ0) is 22.5. The van der Waals surface area contributed by atoms with Gasteiger partial charge in [-0.25, -0.2) is 0 Å². The van der Waals surface area contributed by atoms with Crippen molar-refractivity contribution >= 4 is 17.5 Å². The fourth-order valence-electron chi connectivity index (χ4n) is 3.84. The second kappa shape index (κ2) is 10.3. The minimum atomic E-state index is -0.279. The van der Waals surface area contributed by atoms with Crippen molar-refractivity contribution in [3.05, 3.63) is 59.7 Å². The van der Waals surface area contributed by atoms with E-state index < -0.39 is 0 Å². The van der Waals surface area contributed by atoms with Crippen molar-refractivity contribution in [1.82, 2.24) is 14.8 Å². The quantitative estimate of drug-likeness (QED) is 0.335. The molecule has 0 saturated carbocycles. The first-order valence-electron chi connectivity index (χ1n) is 11.1. The number of carbonyl (C=O) groups is 1. The number of hydrogen-bond acceptors (Lipinski definition) is 6. The molecule has 0 amide bonds. The summed E-state index contributed by atoms with van der Waals surface area (Å²) in [5, 5.41) is 9.39. The average Bonchev–Trinajstić information content (AvgIpc) is 3.49.